The van der Waals surface area contributed by atoms with Crippen LogP contribution in [0.15, 0.2) is 109 Å². The number of carbonyl (C=O) groups excluding carboxylic acids is 3. The van der Waals surface area contributed by atoms with Crippen molar-refractivity contribution in [3.8, 4) is 28.4 Å². The van der Waals surface area contributed by atoms with E-state index in [-0.39, 0.29) is 32.7 Å². The zero-order chi connectivity index (χ0) is 37.9. The van der Waals surface area contributed by atoms with Gasteiger partial charge in [0.15, 0.2) is 5.60 Å². The summed E-state index contributed by atoms with van der Waals surface area (Å²) in [7, 11) is 3.24. The highest BCUT2D eigenvalue weighted by atomic mass is 16.6. The summed E-state index contributed by atoms with van der Waals surface area (Å²) in [6.07, 6.45) is 3.57. The molecule has 1 aliphatic rings. The molecule has 5 aromatic rings. The van der Waals surface area contributed by atoms with Crippen LogP contribution in [0.3, 0.4) is 0 Å². The third-order valence-corrected chi connectivity index (χ3v) is 9.06. The minimum absolute atomic E-state index is 0.116. The summed E-state index contributed by atoms with van der Waals surface area (Å²) in [6, 6.07) is 32.8. The molecule has 0 fully saturated rings. The number of rotatable bonds is 16. The van der Waals surface area contributed by atoms with E-state index in [4.69, 9.17) is 33.2 Å². The van der Waals surface area contributed by atoms with Crippen LogP contribution < -0.4 is 14.2 Å². The van der Waals surface area contributed by atoms with Gasteiger partial charge in [0.1, 0.15) is 37.1 Å². The van der Waals surface area contributed by atoms with Crippen LogP contribution in [-0.2, 0) is 34.1 Å². The highest BCUT2D eigenvalue weighted by Gasteiger charge is 2.40. The lowest BCUT2D eigenvalue weighted by Crippen LogP contribution is -2.35. The van der Waals surface area contributed by atoms with Crippen molar-refractivity contribution >= 4 is 34.8 Å². The number of ether oxygens (including phenoxy) is 7. The predicted molar refractivity (Wildman–Crippen MR) is 204 cm³/mol. The van der Waals surface area contributed by atoms with Crippen molar-refractivity contribution in [2.45, 2.75) is 25.4 Å². The van der Waals surface area contributed by atoms with Gasteiger partial charge in [-0.05, 0) is 54.3 Å². The monoisotopic (exact) mass is 730 g/mol. The van der Waals surface area contributed by atoms with Crippen molar-refractivity contribution in [2.75, 3.05) is 47.3 Å². The number of benzene rings is 5. The van der Waals surface area contributed by atoms with Gasteiger partial charge < -0.3 is 33.2 Å². The fourth-order valence-electron chi connectivity index (χ4n) is 6.43. The van der Waals surface area contributed by atoms with Crippen molar-refractivity contribution in [3.05, 3.63) is 131 Å². The SMILES string of the molecule is CCOCCOC(=O)CCC(=O)OCCOC(=O)c1c2c(c3ccccc3c1-c1ccccc1)OC(c1ccc(OC)cc1)(c1ccc(OC)cc1)C=C2. The molecule has 10 nitrogen and oxygen atoms in total. The Hall–Kier alpha value is -6.13. The van der Waals surface area contributed by atoms with Crippen LogP contribution in [-0.4, -0.2) is 65.2 Å². The first kappa shape index (κ1) is 37.6. The van der Waals surface area contributed by atoms with Gasteiger partial charge in [0.2, 0.25) is 0 Å². The van der Waals surface area contributed by atoms with Crippen LogP contribution in [0.5, 0.6) is 17.2 Å². The van der Waals surface area contributed by atoms with Crippen LogP contribution in [0.1, 0.15) is 46.8 Å². The summed E-state index contributed by atoms with van der Waals surface area (Å²) in [4.78, 5) is 38.5. The van der Waals surface area contributed by atoms with E-state index in [0.29, 0.717) is 47.2 Å². The van der Waals surface area contributed by atoms with Gasteiger partial charge >= 0.3 is 17.9 Å². The van der Waals surface area contributed by atoms with Crippen LogP contribution >= 0.6 is 0 Å². The fraction of sp³-hybridized carbons (Fsp3) is 0.250. The van der Waals surface area contributed by atoms with Gasteiger partial charge in [-0.3, -0.25) is 9.59 Å². The first-order chi connectivity index (χ1) is 26.4. The number of esters is 3. The molecule has 1 aliphatic heterocycles. The smallest absolute Gasteiger partial charge is 0.339 e. The zero-order valence-electron chi connectivity index (χ0n) is 30.5. The van der Waals surface area contributed by atoms with Crippen LogP contribution in [0, 0.1) is 0 Å². The van der Waals surface area contributed by atoms with Crippen molar-refractivity contribution in [2.24, 2.45) is 0 Å². The number of hydrogen-bond acceptors (Lipinski definition) is 10. The van der Waals surface area contributed by atoms with Gasteiger partial charge in [-0.25, -0.2) is 4.79 Å². The predicted octanol–water partition coefficient (Wildman–Crippen LogP) is 7.93. The van der Waals surface area contributed by atoms with Crippen LogP contribution in [0.2, 0.25) is 0 Å². The Morgan fingerprint density at radius 1 is 0.630 bits per heavy atom. The van der Waals surface area contributed by atoms with Gasteiger partial charge in [0.25, 0.3) is 0 Å². The third kappa shape index (κ3) is 8.24. The molecular weight excluding hydrogens is 688 g/mol. The number of carbonyl (C=O) groups is 3. The number of methoxy groups -OCH3 is 2. The van der Waals surface area contributed by atoms with Gasteiger partial charge in [0.05, 0.1) is 39.2 Å². The number of fused-ring (bicyclic) bond motifs is 3. The second-order valence-electron chi connectivity index (χ2n) is 12.3. The molecular formula is C44H42O10. The minimum atomic E-state index is -1.09. The molecule has 5 aromatic carbocycles. The van der Waals surface area contributed by atoms with E-state index in [0.717, 1.165) is 27.5 Å². The zero-order valence-corrected chi connectivity index (χ0v) is 30.5. The maximum atomic E-state index is 14.3. The molecule has 0 radical (unpaired) electrons. The van der Waals surface area contributed by atoms with E-state index in [1.807, 2.05) is 122 Å². The maximum absolute atomic E-state index is 14.3. The Morgan fingerprint density at radius 3 is 1.74 bits per heavy atom. The molecule has 0 saturated carbocycles. The third-order valence-electron chi connectivity index (χ3n) is 9.06. The molecule has 0 atom stereocenters. The second kappa shape index (κ2) is 17.6. The Morgan fingerprint density at radius 2 is 1.17 bits per heavy atom. The van der Waals surface area contributed by atoms with Crippen LogP contribution in [0.25, 0.3) is 28.0 Å². The molecule has 0 aliphatic carbocycles. The maximum Gasteiger partial charge on any atom is 0.339 e. The molecule has 0 unspecified atom stereocenters. The minimum Gasteiger partial charge on any atom is -0.497 e. The first-order valence-electron chi connectivity index (χ1n) is 17.8. The Bertz CT molecular complexity index is 2060. The Kier molecular flexibility index (Phi) is 12.3. The molecule has 6 rings (SSSR count). The molecule has 0 saturated heterocycles. The molecule has 0 N–H and O–H groups in total. The highest BCUT2D eigenvalue weighted by Crippen LogP contribution is 2.50. The largest absolute Gasteiger partial charge is 0.497 e. The summed E-state index contributed by atoms with van der Waals surface area (Å²) in [6.45, 7) is 2.38. The molecule has 10 heteroatoms. The Balaban J connectivity index is 1.33. The highest BCUT2D eigenvalue weighted by molar-refractivity contribution is 6.14. The molecule has 278 valence electrons. The van der Waals surface area contributed by atoms with Crippen molar-refractivity contribution in [3.63, 3.8) is 0 Å². The van der Waals surface area contributed by atoms with Crippen molar-refractivity contribution in [1.82, 2.24) is 0 Å². The summed E-state index contributed by atoms with van der Waals surface area (Å²) >= 11 is 0. The molecule has 0 amide bonds. The van der Waals surface area contributed by atoms with E-state index in [1.165, 1.54) is 0 Å². The van der Waals surface area contributed by atoms with Gasteiger partial charge in [-0.1, -0.05) is 78.9 Å². The quantitative estimate of drug-likeness (QED) is 0.0563. The number of hydrogen-bond donors (Lipinski definition) is 0. The van der Waals surface area contributed by atoms with Crippen molar-refractivity contribution in [1.29, 1.82) is 0 Å². The van der Waals surface area contributed by atoms with E-state index in [9.17, 15) is 14.4 Å². The average Bonchev–Trinajstić information content (AvgIpc) is 3.22. The topological polar surface area (TPSA) is 116 Å². The van der Waals surface area contributed by atoms with Gasteiger partial charge in [-0.15, -0.1) is 0 Å². The summed E-state index contributed by atoms with van der Waals surface area (Å²) in [5.41, 5.74) is 2.96. The fourth-order valence-corrected chi connectivity index (χ4v) is 6.43. The van der Waals surface area contributed by atoms with E-state index < -0.39 is 23.5 Å². The standard InChI is InChI=1S/C44H42O10/c1-4-50-26-27-51-38(45)22-23-39(46)52-28-29-53-43(47)41-37-24-25-44(31-14-18-33(48-2)19-15-31,32-16-20-34(49-3)21-17-32)54-42(37)36-13-9-8-12-35(36)40(41)30-10-6-5-7-11-30/h5-21,24-25H,4,22-23,26-29H2,1-3H3. The average molecular weight is 731 g/mol. The normalized spacial score (nSPS) is 12.6. The lowest BCUT2D eigenvalue weighted by atomic mass is 9.81. The summed E-state index contributed by atoms with van der Waals surface area (Å²) < 4.78 is 39.3. The first-order valence-corrected chi connectivity index (χ1v) is 17.8. The van der Waals surface area contributed by atoms with Crippen molar-refractivity contribution < 1.29 is 47.5 Å². The molecule has 0 spiro atoms. The van der Waals surface area contributed by atoms with Crippen LogP contribution in [0.4, 0.5) is 0 Å². The van der Waals surface area contributed by atoms with E-state index in [2.05, 4.69) is 0 Å². The molecule has 54 heavy (non-hydrogen) atoms. The molecule has 0 bridgehead atoms. The van der Waals surface area contributed by atoms with E-state index >= 15 is 0 Å². The second-order valence-corrected chi connectivity index (χ2v) is 12.3. The van der Waals surface area contributed by atoms with Gasteiger partial charge in [0, 0.05) is 34.2 Å². The summed E-state index contributed by atoms with van der Waals surface area (Å²) in [5.74, 6) is 0.170. The lowest BCUT2D eigenvalue weighted by molar-refractivity contribution is -0.151. The van der Waals surface area contributed by atoms with E-state index in [1.54, 1.807) is 14.2 Å². The molecule has 1 heterocycles. The Labute approximate surface area is 314 Å². The molecule has 0 aromatic heterocycles. The lowest BCUT2D eigenvalue weighted by Gasteiger charge is -2.37. The summed E-state index contributed by atoms with van der Waals surface area (Å²) in [5, 5.41) is 1.60. The van der Waals surface area contributed by atoms with Gasteiger partial charge in [-0.2, -0.15) is 0 Å².